The zero-order valence-electron chi connectivity index (χ0n) is 18.4. The van der Waals surface area contributed by atoms with Crippen LogP contribution in [-0.2, 0) is 11.2 Å². The highest BCUT2D eigenvalue weighted by atomic mass is 16.5. The van der Waals surface area contributed by atoms with Crippen molar-refractivity contribution in [3.63, 3.8) is 0 Å². The third-order valence-corrected chi connectivity index (χ3v) is 5.97. The van der Waals surface area contributed by atoms with Crippen LogP contribution in [-0.4, -0.2) is 77.4 Å². The Morgan fingerprint density at radius 1 is 0.781 bits per heavy atom. The molecule has 0 spiro atoms. The van der Waals surface area contributed by atoms with Crippen LogP contribution < -0.4 is 14.7 Å². The van der Waals surface area contributed by atoms with Crippen LogP contribution in [0.5, 0.6) is 0 Å². The Labute approximate surface area is 188 Å². The summed E-state index contributed by atoms with van der Waals surface area (Å²) in [6.07, 6.45) is 6.11. The SMILES string of the molecule is CCc1cc(N2CCN(c3cc(N4CCOCC4)ncn3)CC2)nc(-c2ccncc2)n1. The number of morpholine rings is 1. The lowest BCUT2D eigenvalue weighted by molar-refractivity contribution is 0.122. The van der Waals surface area contributed by atoms with E-state index in [1.165, 1.54) is 0 Å². The Bertz CT molecular complexity index is 1030. The average Bonchev–Trinajstić information content (AvgIpc) is 2.89. The number of anilines is 3. The number of hydrogen-bond acceptors (Lipinski definition) is 9. The molecule has 0 aromatic carbocycles. The number of hydrogen-bond donors (Lipinski definition) is 0. The van der Waals surface area contributed by atoms with Crippen molar-refractivity contribution in [3.05, 3.63) is 48.7 Å². The molecule has 2 saturated heterocycles. The minimum atomic E-state index is 0.748. The van der Waals surface area contributed by atoms with Crippen LogP contribution in [0.1, 0.15) is 12.6 Å². The molecule has 3 aromatic rings. The molecular formula is C23H28N8O. The maximum absolute atomic E-state index is 5.46. The van der Waals surface area contributed by atoms with Gasteiger partial charge in [-0.05, 0) is 18.6 Å². The maximum atomic E-state index is 5.46. The van der Waals surface area contributed by atoms with Crippen molar-refractivity contribution in [2.45, 2.75) is 13.3 Å². The molecule has 5 rings (SSSR count). The second-order valence-corrected chi connectivity index (χ2v) is 7.94. The van der Waals surface area contributed by atoms with Crippen LogP contribution in [0.25, 0.3) is 11.4 Å². The van der Waals surface area contributed by atoms with Crippen LogP contribution in [0.4, 0.5) is 17.5 Å². The molecule has 0 radical (unpaired) electrons. The van der Waals surface area contributed by atoms with E-state index in [0.717, 1.165) is 93.4 Å². The van der Waals surface area contributed by atoms with Crippen molar-refractivity contribution in [2.75, 3.05) is 67.2 Å². The Morgan fingerprint density at radius 3 is 2.06 bits per heavy atom. The first-order valence-corrected chi connectivity index (χ1v) is 11.2. The van der Waals surface area contributed by atoms with Crippen molar-refractivity contribution in [1.82, 2.24) is 24.9 Å². The second kappa shape index (κ2) is 9.44. The summed E-state index contributed by atoms with van der Waals surface area (Å²) in [6.45, 7) is 8.90. The number of aryl methyl sites for hydroxylation is 1. The molecule has 9 heteroatoms. The van der Waals surface area contributed by atoms with Gasteiger partial charge in [0.25, 0.3) is 0 Å². The molecule has 32 heavy (non-hydrogen) atoms. The molecule has 0 saturated carbocycles. The van der Waals surface area contributed by atoms with Crippen molar-refractivity contribution >= 4 is 17.5 Å². The van der Waals surface area contributed by atoms with Gasteiger partial charge in [-0.3, -0.25) is 4.98 Å². The summed E-state index contributed by atoms with van der Waals surface area (Å²) in [4.78, 5) is 29.7. The maximum Gasteiger partial charge on any atom is 0.161 e. The normalized spacial score (nSPS) is 17.0. The summed E-state index contributed by atoms with van der Waals surface area (Å²) in [5, 5.41) is 0. The molecule has 2 aliphatic rings. The topological polar surface area (TPSA) is 83.4 Å². The van der Waals surface area contributed by atoms with Crippen LogP contribution in [0.2, 0.25) is 0 Å². The third kappa shape index (κ3) is 4.47. The average molecular weight is 433 g/mol. The number of ether oxygens (including phenoxy) is 1. The molecule has 3 aromatic heterocycles. The fourth-order valence-corrected chi connectivity index (χ4v) is 4.10. The van der Waals surface area contributed by atoms with E-state index < -0.39 is 0 Å². The van der Waals surface area contributed by atoms with Gasteiger partial charge in [0, 0.05) is 75.1 Å². The molecule has 0 N–H and O–H groups in total. The number of piperazine rings is 1. The minimum absolute atomic E-state index is 0.748. The lowest BCUT2D eigenvalue weighted by atomic mass is 10.2. The number of rotatable bonds is 5. The predicted octanol–water partition coefficient (Wildman–Crippen LogP) is 2.05. The molecule has 5 heterocycles. The van der Waals surface area contributed by atoms with Gasteiger partial charge in [0.1, 0.15) is 23.8 Å². The van der Waals surface area contributed by atoms with Crippen LogP contribution >= 0.6 is 0 Å². The van der Waals surface area contributed by atoms with Gasteiger partial charge in [-0.25, -0.2) is 19.9 Å². The summed E-state index contributed by atoms with van der Waals surface area (Å²) in [7, 11) is 0. The fourth-order valence-electron chi connectivity index (χ4n) is 4.10. The van der Waals surface area contributed by atoms with E-state index in [4.69, 9.17) is 14.7 Å². The van der Waals surface area contributed by atoms with Crippen LogP contribution in [0.15, 0.2) is 43.0 Å². The van der Waals surface area contributed by atoms with Crippen molar-refractivity contribution in [1.29, 1.82) is 0 Å². The highest BCUT2D eigenvalue weighted by Gasteiger charge is 2.22. The molecule has 166 valence electrons. The van der Waals surface area contributed by atoms with Gasteiger partial charge in [-0.2, -0.15) is 0 Å². The van der Waals surface area contributed by atoms with Gasteiger partial charge in [0.15, 0.2) is 5.82 Å². The van der Waals surface area contributed by atoms with Gasteiger partial charge in [0.05, 0.1) is 13.2 Å². The summed E-state index contributed by atoms with van der Waals surface area (Å²) in [5.41, 5.74) is 2.04. The highest BCUT2D eigenvalue weighted by molar-refractivity contribution is 5.58. The van der Waals surface area contributed by atoms with E-state index in [1.54, 1.807) is 18.7 Å². The molecule has 2 fully saturated rings. The van der Waals surface area contributed by atoms with Crippen molar-refractivity contribution in [3.8, 4) is 11.4 Å². The number of nitrogens with zero attached hydrogens (tertiary/aromatic N) is 8. The highest BCUT2D eigenvalue weighted by Crippen LogP contribution is 2.24. The van der Waals surface area contributed by atoms with E-state index in [9.17, 15) is 0 Å². The second-order valence-electron chi connectivity index (χ2n) is 7.94. The first-order valence-electron chi connectivity index (χ1n) is 11.2. The summed E-state index contributed by atoms with van der Waals surface area (Å²) in [6, 6.07) is 8.12. The van der Waals surface area contributed by atoms with Crippen LogP contribution in [0, 0.1) is 0 Å². The van der Waals surface area contributed by atoms with Crippen LogP contribution in [0.3, 0.4) is 0 Å². The molecular weight excluding hydrogens is 404 g/mol. The molecule has 0 unspecified atom stereocenters. The van der Waals surface area contributed by atoms with E-state index in [0.29, 0.717) is 0 Å². The summed E-state index contributed by atoms with van der Waals surface area (Å²) < 4.78 is 5.46. The Kier molecular flexibility index (Phi) is 6.06. The van der Waals surface area contributed by atoms with Crippen molar-refractivity contribution < 1.29 is 4.74 Å². The monoisotopic (exact) mass is 432 g/mol. The standard InChI is InChI=1S/C23H28N8O/c1-2-19-15-22(28-23(27-19)18-3-5-24-6-4-18)30-9-7-29(8-10-30)20-16-21(26-17-25-20)31-11-13-32-14-12-31/h3-6,15-17H,2,7-14H2,1H3. The van der Waals surface area contributed by atoms with Gasteiger partial charge >= 0.3 is 0 Å². The van der Waals surface area contributed by atoms with Gasteiger partial charge < -0.3 is 19.4 Å². The Balaban J connectivity index is 1.30. The summed E-state index contributed by atoms with van der Waals surface area (Å²) in [5.74, 6) is 3.71. The Morgan fingerprint density at radius 2 is 1.41 bits per heavy atom. The molecule has 0 bridgehead atoms. The van der Waals surface area contributed by atoms with E-state index in [2.05, 4.69) is 48.7 Å². The van der Waals surface area contributed by atoms with E-state index in [-0.39, 0.29) is 0 Å². The molecule has 2 aliphatic heterocycles. The first-order chi connectivity index (χ1) is 15.8. The smallest absolute Gasteiger partial charge is 0.161 e. The lowest BCUT2D eigenvalue weighted by Crippen LogP contribution is -2.47. The summed E-state index contributed by atoms with van der Waals surface area (Å²) >= 11 is 0. The molecule has 0 amide bonds. The van der Waals surface area contributed by atoms with Gasteiger partial charge in [-0.15, -0.1) is 0 Å². The largest absolute Gasteiger partial charge is 0.378 e. The predicted molar refractivity (Wildman–Crippen MR) is 124 cm³/mol. The number of pyridine rings is 1. The zero-order valence-corrected chi connectivity index (χ0v) is 18.4. The molecule has 0 aliphatic carbocycles. The van der Waals surface area contributed by atoms with Gasteiger partial charge in [-0.1, -0.05) is 6.92 Å². The van der Waals surface area contributed by atoms with Gasteiger partial charge in [0.2, 0.25) is 0 Å². The van der Waals surface area contributed by atoms with E-state index >= 15 is 0 Å². The van der Waals surface area contributed by atoms with E-state index in [1.807, 2.05) is 12.1 Å². The fraction of sp³-hybridized carbons (Fsp3) is 0.435. The third-order valence-electron chi connectivity index (χ3n) is 5.97. The minimum Gasteiger partial charge on any atom is -0.378 e. The van der Waals surface area contributed by atoms with Crippen molar-refractivity contribution in [2.24, 2.45) is 0 Å². The lowest BCUT2D eigenvalue weighted by Gasteiger charge is -2.36. The Hall–Kier alpha value is -3.33. The molecule has 9 nitrogen and oxygen atoms in total. The molecule has 0 atom stereocenters. The number of aromatic nitrogens is 5. The quantitative estimate of drug-likeness (QED) is 0.601. The first kappa shape index (κ1) is 20.6. The zero-order chi connectivity index (χ0) is 21.8.